The van der Waals surface area contributed by atoms with Crippen molar-refractivity contribution in [2.45, 2.75) is 45.3 Å². The predicted molar refractivity (Wildman–Crippen MR) is 95.9 cm³/mol. The van der Waals surface area contributed by atoms with Crippen molar-refractivity contribution in [3.63, 3.8) is 0 Å². The Labute approximate surface area is 150 Å². The van der Waals surface area contributed by atoms with Crippen molar-refractivity contribution in [1.29, 1.82) is 0 Å². The van der Waals surface area contributed by atoms with Crippen LogP contribution >= 0.6 is 0 Å². The van der Waals surface area contributed by atoms with Crippen LogP contribution in [0, 0.1) is 5.92 Å². The Hall–Kier alpha value is -1.60. The predicted octanol–water partition coefficient (Wildman–Crippen LogP) is 3.00. The molecule has 1 aliphatic heterocycles. The monoisotopic (exact) mass is 369 g/mol. The van der Waals surface area contributed by atoms with Crippen LogP contribution in [0.25, 0.3) is 0 Å². The number of amides is 1. The summed E-state index contributed by atoms with van der Waals surface area (Å²) in [5, 5.41) is 0. The fourth-order valence-corrected chi connectivity index (χ4v) is 3.53. The summed E-state index contributed by atoms with van der Waals surface area (Å²) in [6.07, 6.45) is 0.568. The molecule has 0 N–H and O–H groups in total. The minimum absolute atomic E-state index is 0.0386. The first-order chi connectivity index (χ1) is 11.5. The lowest BCUT2D eigenvalue weighted by molar-refractivity contribution is 0.0166. The zero-order valence-corrected chi connectivity index (χ0v) is 16.2. The molecule has 3 atom stereocenters. The van der Waals surface area contributed by atoms with Crippen molar-refractivity contribution in [2.24, 2.45) is 5.92 Å². The van der Waals surface area contributed by atoms with Crippen LogP contribution in [-0.4, -0.2) is 50.5 Å². The van der Waals surface area contributed by atoms with Gasteiger partial charge in [-0.2, -0.15) is 8.42 Å². The van der Waals surface area contributed by atoms with Gasteiger partial charge in [-0.05, 0) is 32.3 Å². The van der Waals surface area contributed by atoms with Crippen LogP contribution in [0.5, 0.6) is 0 Å². The number of carbonyl (C=O) groups excluding carboxylic acids is 1. The van der Waals surface area contributed by atoms with E-state index in [-0.39, 0.29) is 24.5 Å². The van der Waals surface area contributed by atoms with Gasteiger partial charge in [0.2, 0.25) is 0 Å². The third-order valence-corrected chi connectivity index (χ3v) is 4.91. The quantitative estimate of drug-likeness (QED) is 0.763. The number of carbonyl (C=O) groups is 1. The smallest absolute Gasteiger partial charge is 0.410 e. The molecule has 1 heterocycles. The molecule has 140 valence electrons. The Morgan fingerprint density at radius 2 is 1.84 bits per heavy atom. The first-order valence-corrected chi connectivity index (χ1v) is 10.2. The van der Waals surface area contributed by atoms with Gasteiger partial charge in [0, 0.05) is 12.5 Å². The molecule has 0 bridgehead atoms. The maximum Gasteiger partial charge on any atom is 0.410 e. The van der Waals surface area contributed by atoms with Crippen LogP contribution in [0.1, 0.15) is 39.2 Å². The van der Waals surface area contributed by atoms with Crippen molar-refractivity contribution in [2.75, 3.05) is 19.4 Å². The van der Waals surface area contributed by atoms with E-state index in [0.29, 0.717) is 6.54 Å². The lowest BCUT2D eigenvalue weighted by atomic mass is 9.87. The van der Waals surface area contributed by atoms with E-state index < -0.39 is 21.8 Å². The highest BCUT2D eigenvalue weighted by Gasteiger charge is 2.44. The summed E-state index contributed by atoms with van der Waals surface area (Å²) in [6.45, 7) is 7.84. The number of likely N-dealkylation sites (tertiary alicyclic amines) is 1. The highest BCUT2D eigenvalue weighted by molar-refractivity contribution is 7.85. The van der Waals surface area contributed by atoms with Gasteiger partial charge in [-0.25, -0.2) is 4.79 Å². The first kappa shape index (κ1) is 19.7. The van der Waals surface area contributed by atoms with Gasteiger partial charge >= 0.3 is 6.09 Å². The molecule has 0 spiro atoms. The van der Waals surface area contributed by atoms with E-state index in [1.54, 1.807) is 25.7 Å². The van der Waals surface area contributed by atoms with Crippen LogP contribution < -0.4 is 0 Å². The molecule has 1 unspecified atom stereocenters. The van der Waals surface area contributed by atoms with Crippen molar-refractivity contribution < 1.29 is 22.1 Å². The largest absolute Gasteiger partial charge is 0.444 e. The van der Waals surface area contributed by atoms with E-state index in [9.17, 15) is 13.2 Å². The summed E-state index contributed by atoms with van der Waals surface area (Å²) in [5.41, 5.74) is 0.498. The third-order valence-electron chi connectivity index (χ3n) is 4.34. The Bertz CT molecular complexity index is 696. The average molecular weight is 369 g/mol. The molecule has 0 aliphatic carbocycles. The number of ether oxygens (including phenoxy) is 1. The van der Waals surface area contributed by atoms with E-state index >= 15 is 0 Å². The Morgan fingerprint density at radius 1 is 1.24 bits per heavy atom. The summed E-state index contributed by atoms with van der Waals surface area (Å²) in [5.74, 6) is 0.138. The molecule has 1 fully saturated rings. The number of hydrogen-bond acceptors (Lipinski definition) is 5. The number of benzene rings is 1. The third kappa shape index (κ3) is 5.44. The fraction of sp³-hybridized carbons (Fsp3) is 0.611. The molecule has 0 aromatic heterocycles. The summed E-state index contributed by atoms with van der Waals surface area (Å²) < 4.78 is 33.3. The molecule has 7 heteroatoms. The van der Waals surface area contributed by atoms with Crippen molar-refractivity contribution in [3.8, 4) is 0 Å². The molecule has 1 aromatic rings. The van der Waals surface area contributed by atoms with Gasteiger partial charge in [-0.15, -0.1) is 0 Å². The summed E-state index contributed by atoms with van der Waals surface area (Å²) in [4.78, 5) is 14.2. The number of hydrogen-bond donors (Lipinski definition) is 0. The first-order valence-electron chi connectivity index (χ1n) is 8.37. The lowest BCUT2D eigenvalue weighted by Gasteiger charge is -2.29. The molecule has 1 amide bonds. The van der Waals surface area contributed by atoms with Crippen molar-refractivity contribution >= 4 is 16.2 Å². The van der Waals surface area contributed by atoms with Gasteiger partial charge in [0.25, 0.3) is 10.1 Å². The summed E-state index contributed by atoms with van der Waals surface area (Å²) in [7, 11) is -3.58. The highest BCUT2D eigenvalue weighted by Crippen LogP contribution is 2.38. The maximum atomic E-state index is 12.6. The maximum absolute atomic E-state index is 12.6. The molecule has 1 saturated heterocycles. The molecule has 1 aromatic carbocycles. The van der Waals surface area contributed by atoms with E-state index in [1.165, 1.54) is 0 Å². The Balaban J connectivity index is 2.25. The molecule has 0 saturated carbocycles. The van der Waals surface area contributed by atoms with Gasteiger partial charge in [0.15, 0.2) is 0 Å². The highest BCUT2D eigenvalue weighted by atomic mass is 32.2. The minimum Gasteiger partial charge on any atom is -0.444 e. The van der Waals surface area contributed by atoms with Gasteiger partial charge in [0.1, 0.15) is 5.60 Å². The van der Waals surface area contributed by atoms with Crippen molar-refractivity contribution in [3.05, 3.63) is 35.9 Å². The van der Waals surface area contributed by atoms with Gasteiger partial charge in [0.05, 0.1) is 18.9 Å². The van der Waals surface area contributed by atoms with Gasteiger partial charge in [-0.1, -0.05) is 37.3 Å². The van der Waals surface area contributed by atoms with Gasteiger partial charge < -0.3 is 9.64 Å². The zero-order chi connectivity index (χ0) is 18.8. The molecule has 25 heavy (non-hydrogen) atoms. The molecule has 2 rings (SSSR count). The van der Waals surface area contributed by atoms with E-state index in [4.69, 9.17) is 8.92 Å². The summed E-state index contributed by atoms with van der Waals surface area (Å²) >= 11 is 0. The number of rotatable bonds is 4. The number of nitrogens with zero attached hydrogens (tertiary/aromatic N) is 1. The normalized spacial score (nSPS) is 24.4. The lowest BCUT2D eigenvalue weighted by Crippen LogP contribution is -2.43. The summed E-state index contributed by atoms with van der Waals surface area (Å²) in [6, 6.07) is 9.54. The SMILES string of the molecule is CC1[C@@H](c2ccccc2)CN(C(=O)OC(C)(C)C)[C@@H]1COS(C)(=O)=O. The van der Waals surface area contributed by atoms with E-state index in [1.807, 2.05) is 37.3 Å². The van der Waals surface area contributed by atoms with Crippen LogP contribution in [0.3, 0.4) is 0 Å². The second kappa shape index (κ2) is 7.33. The van der Waals surface area contributed by atoms with E-state index in [2.05, 4.69) is 0 Å². The van der Waals surface area contributed by atoms with Crippen LogP contribution in [0.4, 0.5) is 4.79 Å². The molecular weight excluding hydrogens is 342 g/mol. The Kier molecular flexibility index (Phi) is 5.79. The van der Waals surface area contributed by atoms with Gasteiger partial charge in [-0.3, -0.25) is 4.18 Å². The Morgan fingerprint density at radius 3 is 2.36 bits per heavy atom. The second-order valence-corrected chi connectivity index (χ2v) is 9.21. The fourth-order valence-electron chi connectivity index (χ4n) is 3.14. The molecule has 0 radical (unpaired) electrons. The molecule has 1 aliphatic rings. The van der Waals surface area contributed by atoms with Crippen LogP contribution in [0.2, 0.25) is 0 Å². The average Bonchev–Trinajstić information content (AvgIpc) is 2.80. The van der Waals surface area contributed by atoms with Crippen molar-refractivity contribution in [1.82, 2.24) is 4.90 Å². The zero-order valence-electron chi connectivity index (χ0n) is 15.4. The van der Waals surface area contributed by atoms with E-state index in [0.717, 1.165) is 11.8 Å². The minimum atomic E-state index is -3.58. The standard InChI is InChI=1S/C18H27NO5S/c1-13-15(14-9-7-6-8-10-14)11-19(17(20)24-18(2,3)4)16(13)12-23-25(5,21)22/h6-10,13,15-16H,11-12H2,1-5H3/t13?,15-,16+/m0/s1. The van der Waals surface area contributed by atoms with Crippen LogP contribution in [-0.2, 0) is 19.0 Å². The van der Waals surface area contributed by atoms with Crippen LogP contribution in [0.15, 0.2) is 30.3 Å². The second-order valence-electron chi connectivity index (χ2n) is 7.56. The molecule has 6 nitrogen and oxygen atoms in total. The topological polar surface area (TPSA) is 72.9 Å². The molecular formula is C18H27NO5S.